The molecular formula is C16H17ClO. The summed E-state index contributed by atoms with van der Waals surface area (Å²) in [5.41, 5.74) is 2.42. The zero-order chi connectivity index (χ0) is 13.0. The minimum absolute atomic E-state index is 0.476. The summed E-state index contributed by atoms with van der Waals surface area (Å²) in [6, 6.07) is 15.9. The number of hydrogen-bond acceptors (Lipinski definition) is 1. The second-order valence-electron chi connectivity index (χ2n) is 4.56. The lowest BCUT2D eigenvalue weighted by atomic mass is 9.98. The Hall–Kier alpha value is -1.47. The minimum atomic E-state index is 0.476. The molecule has 0 saturated heterocycles. The van der Waals surface area contributed by atoms with E-state index < -0.39 is 0 Å². The SMILES string of the molecule is CC(C)c1ccc(Oc2ccccc2)cc1CCl. The van der Waals surface area contributed by atoms with Crippen LogP contribution in [0.5, 0.6) is 11.5 Å². The fourth-order valence-electron chi connectivity index (χ4n) is 1.95. The van der Waals surface area contributed by atoms with Crippen LogP contribution in [-0.4, -0.2) is 0 Å². The summed E-state index contributed by atoms with van der Waals surface area (Å²) in [4.78, 5) is 0. The fourth-order valence-corrected chi connectivity index (χ4v) is 2.18. The Morgan fingerprint density at radius 2 is 1.72 bits per heavy atom. The second kappa shape index (κ2) is 5.92. The van der Waals surface area contributed by atoms with E-state index in [0.717, 1.165) is 17.1 Å². The van der Waals surface area contributed by atoms with Crippen molar-refractivity contribution in [1.29, 1.82) is 0 Å². The molecule has 0 unspecified atom stereocenters. The molecule has 0 aromatic heterocycles. The van der Waals surface area contributed by atoms with Gasteiger partial charge in [-0.3, -0.25) is 0 Å². The number of rotatable bonds is 4. The van der Waals surface area contributed by atoms with Crippen LogP contribution in [0.1, 0.15) is 30.9 Å². The van der Waals surface area contributed by atoms with Crippen molar-refractivity contribution in [3.63, 3.8) is 0 Å². The average Bonchev–Trinajstić information content (AvgIpc) is 2.39. The van der Waals surface area contributed by atoms with Crippen molar-refractivity contribution in [1.82, 2.24) is 0 Å². The molecule has 0 heterocycles. The summed E-state index contributed by atoms with van der Waals surface area (Å²) in [5.74, 6) is 2.67. The van der Waals surface area contributed by atoms with E-state index in [1.165, 1.54) is 5.56 Å². The van der Waals surface area contributed by atoms with Crippen molar-refractivity contribution in [2.75, 3.05) is 0 Å². The summed E-state index contributed by atoms with van der Waals surface area (Å²) in [5, 5.41) is 0. The van der Waals surface area contributed by atoms with Gasteiger partial charge in [0.15, 0.2) is 0 Å². The largest absolute Gasteiger partial charge is 0.457 e. The first-order valence-electron chi connectivity index (χ1n) is 6.12. The van der Waals surface area contributed by atoms with Gasteiger partial charge < -0.3 is 4.74 Å². The topological polar surface area (TPSA) is 9.23 Å². The Balaban J connectivity index is 2.25. The highest BCUT2D eigenvalue weighted by Crippen LogP contribution is 2.28. The zero-order valence-electron chi connectivity index (χ0n) is 10.7. The maximum absolute atomic E-state index is 6.00. The smallest absolute Gasteiger partial charge is 0.127 e. The summed E-state index contributed by atoms with van der Waals surface area (Å²) in [6.45, 7) is 4.34. The van der Waals surface area contributed by atoms with Crippen molar-refractivity contribution in [3.05, 3.63) is 59.7 Å². The van der Waals surface area contributed by atoms with Crippen molar-refractivity contribution in [2.24, 2.45) is 0 Å². The van der Waals surface area contributed by atoms with Crippen LogP contribution < -0.4 is 4.74 Å². The van der Waals surface area contributed by atoms with Crippen LogP contribution in [0, 0.1) is 0 Å². The average molecular weight is 261 g/mol. The molecule has 0 N–H and O–H groups in total. The fraction of sp³-hybridized carbons (Fsp3) is 0.250. The van der Waals surface area contributed by atoms with Crippen LogP contribution in [0.3, 0.4) is 0 Å². The Morgan fingerprint density at radius 1 is 1.00 bits per heavy atom. The molecule has 94 valence electrons. The van der Waals surface area contributed by atoms with E-state index >= 15 is 0 Å². The Bertz CT molecular complexity index is 506. The summed E-state index contributed by atoms with van der Waals surface area (Å²) in [6.07, 6.45) is 0. The summed E-state index contributed by atoms with van der Waals surface area (Å²) in [7, 11) is 0. The molecule has 2 aromatic rings. The van der Waals surface area contributed by atoms with Gasteiger partial charge in [-0.05, 0) is 41.3 Å². The number of alkyl halides is 1. The first-order chi connectivity index (χ1) is 8.70. The number of hydrogen-bond donors (Lipinski definition) is 0. The number of ether oxygens (including phenoxy) is 1. The predicted molar refractivity (Wildman–Crippen MR) is 76.6 cm³/mol. The normalized spacial score (nSPS) is 10.7. The number of benzene rings is 2. The molecule has 0 aliphatic heterocycles. The highest BCUT2D eigenvalue weighted by atomic mass is 35.5. The highest BCUT2D eigenvalue weighted by Gasteiger charge is 2.07. The third-order valence-electron chi connectivity index (χ3n) is 2.86. The third kappa shape index (κ3) is 3.05. The van der Waals surface area contributed by atoms with Crippen molar-refractivity contribution >= 4 is 11.6 Å². The summed E-state index contributed by atoms with van der Waals surface area (Å²) >= 11 is 6.00. The van der Waals surface area contributed by atoms with Gasteiger partial charge in [0.25, 0.3) is 0 Å². The van der Waals surface area contributed by atoms with Gasteiger partial charge in [0.05, 0.1) is 0 Å². The monoisotopic (exact) mass is 260 g/mol. The van der Waals surface area contributed by atoms with Gasteiger partial charge in [-0.15, -0.1) is 11.6 Å². The van der Waals surface area contributed by atoms with Gasteiger partial charge in [-0.25, -0.2) is 0 Å². The van der Waals surface area contributed by atoms with E-state index in [0.29, 0.717) is 11.8 Å². The van der Waals surface area contributed by atoms with E-state index in [1.54, 1.807) is 0 Å². The first kappa shape index (κ1) is 13.0. The molecule has 0 bridgehead atoms. The van der Waals surface area contributed by atoms with Gasteiger partial charge in [0.1, 0.15) is 11.5 Å². The Labute approximate surface area is 113 Å². The molecule has 0 amide bonds. The Morgan fingerprint density at radius 3 is 2.33 bits per heavy atom. The molecule has 0 fully saturated rings. The second-order valence-corrected chi connectivity index (χ2v) is 4.83. The van der Waals surface area contributed by atoms with Crippen LogP contribution in [0.2, 0.25) is 0 Å². The molecular weight excluding hydrogens is 244 g/mol. The minimum Gasteiger partial charge on any atom is -0.457 e. The van der Waals surface area contributed by atoms with E-state index in [2.05, 4.69) is 19.9 Å². The lowest BCUT2D eigenvalue weighted by molar-refractivity contribution is 0.482. The van der Waals surface area contributed by atoms with Crippen LogP contribution in [-0.2, 0) is 5.88 Å². The quantitative estimate of drug-likeness (QED) is 0.674. The van der Waals surface area contributed by atoms with Gasteiger partial charge in [0.2, 0.25) is 0 Å². The maximum Gasteiger partial charge on any atom is 0.127 e. The molecule has 0 spiro atoms. The molecule has 2 aromatic carbocycles. The van der Waals surface area contributed by atoms with E-state index in [4.69, 9.17) is 16.3 Å². The van der Waals surface area contributed by atoms with Crippen LogP contribution in [0.15, 0.2) is 48.5 Å². The van der Waals surface area contributed by atoms with Gasteiger partial charge >= 0.3 is 0 Å². The standard InChI is InChI=1S/C16H17ClO/c1-12(2)16-9-8-15(10-13(16)11-17)18-14-6-4-3-5-7-14/h3-10,12H,11H2,1-2H3. The van der Waals surface area contributed by atoms with Crippen molar-refractivity contribution < 1.29 is 4.74 Å². The third-order valence-corrected chi connectivity index (χ3v) is 3.15. The molecule has 1 nitrogen and oxygen atoms in total. The van der Waals surface area contributed by atoms with Gasteiger partial charge in [-0.1, -0.05) is 38.1 Å². The van der Waals surface area contributed by atoms with E-state index in [-0.39, 0.29) is 0 Å². The lowest BCUT2D eigenvalue weighted by Gasteiger charge is -2.13. The number of para-hydroxylation sites is 1. The molecule has 0 radical (unpaired) electrons. The molecule has 2 rings (SSSR count). The Kier molecular flexibility index (Phi) is 4.27. The zero-order valence-corrected chi connectivity index (χ0v) is 11.4. The molecule has 0 aliphatic rings. The molecule has 0 saturated carbocycles. The van der Waals surface area contributed by atoms with Crippen LogP contribution in [0.25, 0.3) is 0 Å². The van der Waals surface area contributed by atoms with Crippen molar-refractivity contribution in [3.8, 4) is 11.5 Å². The van der Waals surface area contributed by atoms with Gasteiger partial charge in [-0.2, -0.15) is 0 Å². The molecule has 0 atom stereocenters. The van der Waals surface area contributed by atoms with Crippen LogP contribution >= 0.6 is 11.6 Å². The molecule has 0 aliphatic carbocycles. The van der Waals surface area contributed by atoms with Gasteiger partial charge in [0, 0.05) is 5.88 Å². The molecule has 18 heavy (non-hydrogen) atoms. The first-order valence-corrected chi connectivity index (χ1v) is 6.66. The van der Waals surface area contributed by atoms with E-state index in [9.17, 15) is 0 Å². The van der Waals surface area contributed by atoms with Crippen LogP contribution in [0.4, 0.5) is 0 Å². The van der Waals surface area contributed by atoms with Crippen molar-refractivity contribution in [2.45, 2.75) is 25.6 Å². The van der Waals surface area contributed by atoms with E-state index in [1.807, 2.05) is 42.5 Å². The number of halogens is 1. The highest BCUT2D eigenvalue weighted by molar-refractivity contribution is 6.17. The maximum atomic E-state index is 6.00. The lowest BCUT2D eigenvalue weighted by Crippen LogP contribution is -1.95. The predicted octanol–water partition coefficient (Wildman–Crippen LogP) is 5.34. The molecule has 2 heteroatoms. The summed E-state index contributed by atoms with van der Waals surface area (Å²) < 4.78 is 5.80.